The molecule has 2 heterocycles. The molecule has 32 heavy (non-hydrogen) atoms. The van der Waals surface area contributed by atoms with E-state index in [9.17, 15) is 19.1 Å². The van der Waals surface area contributed by atoms with Crippen molar-refractivity contribution in [2.24, 2.45) is 0 Å². The summed E-state index contributed by atoms with van der Waals surface area (Å²) in [5, 5.41) is 10.0. The maximum atomic E-state index is 13.1. The van der Waals surface area contributed by atoms with Crippen LogP contribution in [0.25, 0.3) is 0 Å². The molecule has 0 saturated carbocycles. The van der Waals surface area contributed by atoms with Crippen LogP contribution in [-0.2, 0) is 11.3 Å². The molecule has 2 aromatic rings. The number of carbonyl (C=O) groups excluding carboxylic acids is 1. The molecule has 7 nitrogen and oxygen atoms in total. The van der Waals surface area contributed by atoms with Gasteiger partial charge in [-0.15, -0.1) is 0 Å². The van der Waals surface area contributed by atoms with Gasteiger partial charge >= 0.3 is 6.09 Å². The number of anilines is 1. The van der Waals surface area contributed by atoms with E-state index in [1.165, 1.54) is 17.0 Å². The molecule has 1 N–H and O–H groups in total. The second kappa shape index (κ2) is 9.34. The van der Waals surface area contributed by atoms with Crippen LogP contribution in [0.4, 0.5) is 14.9 Å². The molecule has 1 saturated heterocycles. The van der Waals surface area contributed by atoms with Crippen LogP contribution in [0.2, 0.25) is 5.02 Å². The highest BCUT2D eigenvalue weighted by atomic mass is 35.5. The smallest absolute Gasteiger partial charge is 0.412 e. The highest BCUT2D eigenvalue weighted by molar-refractivity contribution is 6.31. The van der Waals surface area contributed by atoms with Gasteiger partial charge in [-0.05, 0) is 42.8 Å². The minimum absolute atomic E-state index is 0.00181. The Hall–Kier alpha value is -2.84. The van der Waals surface area contributed by atoms with Crippen LogP contribution in [-0.4, -0.2) is 65.2 Å². The predicted molar refractivity (Wildman–Crippen MR) is 119 cm³/mol. The number of halogens is 2. The molecule has 2 aliphatic rings. The van der Waals surface area contributed by atoms with Gasteiger partial charge in [-0.2, -0.15) is 0 Å². The van der Waals surface area contributed by atoms with Gasteiger partial charge in [0.25, 0.3) is 0 Å². The Balaban J connectivity index is 1.36. The van der Waals surface area contributed by atoms with Crippen LogP contribution in [0.3, 0.4) is 0 Å². The van der Waals surface area contributed by atoms with Crippen molar-refractivity contribution in [3.8, 4) is 5.75 Å². The van der Waals surface area contributed by atoms with E-state index in [4.69, 9.17) is 16.3 Å². The van der Waals surface area contributed by atoms with Crippen molar-refractivity contribution in [1.82, 2.24) is 9.80 Å². The minimum Gasteiger partial charge on any atom is -0.486 e. The average Bonchev–Trinajstić information content (AvgIpc) is 2.75. The standard InChI is InChI=1S/C23H25ClFN3O4/c1-15-12-26(13-16-2-5-18(25)6-3-16)8-9-27(15)22(29)11-19-14-28(23(30)31)20-10-17(24)4-7-21(20)32-19/h2-7,10,15,19H,8-9,11-14H2,1H3,(H,30,31)/t15-,19?/m1/s1. The first-order chi connectivity index (χ1) is 15.3. The number of piperazine rings is 1. The molecule has 0 bridgehead atoms. The fourth-order valence-electron chi connectivity index (χ4n) is 4.31. The molecule has 9 heteroatoms. The van der Waals surface area contributed by atoms with E-state index in [0.29, 0.717) is 42.6 Å². The number of carboxylic acid groups (broad SMARTS) is 1. The molecule has 0 aromatic heterocycles. The Bertz CT molecular complexity index is 1000. The first kappa shape index (κ1) is 22.4. The number of amides is 2. The van der Waals surface area contributed by atoms with Gasteiger partial charge in [0.05, 0.1) is 18.7 Å². The monoisotopic (exact) mass is 461 g/mol. The van der Waals surface area contributed by atoms with E-state index >= 15 is 0 Å². The quantitative estimate of drug-likeness (QED) is 0.748. The zero-order valence-corrected chi connectivity index (χ0v) is 18.5. The van der Waals surface area contributed by atoms with Gasteiger partial charge < -0.3 is 14.7 Å². The third-order valence-corrected chi connectivity index (χ3v) is 6.11. The van der Waals surface area contributed by atoms with E-state index in [2.05, 4.69) is 4.90 Å². The second-order valence-corrected chi connectivity index (χ2v) is 8.68. The number of ether oxygens (including phenoxy) is 1. The number of hydrogen-bond donors (Lipinski definition) is 1. The molecule has 2 amide bonds. The normalized spacial score (nSPS) is 21.1. The van der Waals surface area contributed by atoms with Crippen LogP contribution in [0.15, 0.2) is 42.5 Å². The van der Waals surface area contributed by atoms with E-state index in [1.54, 1.807) is 30.3 Å². The third-order valence-electron chi connectivity index (χ3n) is 5.88. The van der Waals surface area contributed by atoms with E-state index in [0.717, 1.165) is 5.56 Å². The Morgan fingerprint density at radius 1 is 1.16 bits per heavy atom. The van der Waals surface area contributed by atoms with Gasteiger partial charge in [-0.25, -0.2) is 9.18 Å². The van der Waals surface area contributed by atoms with Gasteiger partial charge in [0.15, 0.2) is 0 Å². The maximum Gasteiger partial charge on any atom is 0.412 e. The van der Waals surface area contributed by atoms with E-state index in [1.807, 2.05) is 11.8 Å². The number of nitrogens with zero attached hydrogens (tertiary/aromatic N) is 3. The summed E-state index contributed by atoms with van der Waals surface area (Å²) in [6, 6.07) is 11.3. The van der Waals surface area contributed by atoms with Crippen molar-refractivity contribution in [2.45, 2.75) is 32.0 Å². The van der Waals surface area contributed by atoms with Crippen LogP contribution >= 0.6 is 11.6 Å². The number of hydrogen-bond acceptors (Lipinski definition) is 4. The lowest BCUT2D eigenvalue weighted by Gasteiger charge is -2.41. The molecular formula is C23H25ClFN3O4. The number of fused-ring (bicyclic) bond motifs is 1. The highest BCUT2D eigenvalue weighted by Crippen LogP contribution is 2.36. The van der Waals surface area contributed by atoms with Crippen LogP contribution in [0.1, 0.15) is 18.9 Å². The summed E-state index contributed by atoms with van der Waals surface area (Å²) < 4.78 is 19.0. The maximum absolute atomic E-state index is 13.1. The summed E-state index contributed by atoms with van der Waals surface area (Å²) in [5.74, 6) is 0.0827. The largest absolute Gasteiger partial charge is 0.486 e. The zero-order valence-electron chi connectivity index (χ0n) is 17.7. The molecule has 0 radical (unpaired) electrons. The minimum atomic E-state index is -1.11. The van der Waals surface area contributed by atoms with Crippen molar-refractivity contribution < 1.29 is 23.8 Å². The van der Waals surface area contributed by atoms with Gasteiger partial charge in [-0.1, -0.05) is 23.7 Å². The molecule has 2 aromatic carbocycles. The number of rotatable bonds is 4. The Labute approximate surface area is 190 Å². The summed E-state index contributed by atoms with van der Waals surface area (Å²) in [4.78, 5) is 30.0. The van der Waals surface area contributed by atoms with Gasteiger partial charge in [0.2, 0.25) is 5.91 Å². The predicted octanol–water partition coefficient (Wildman–Crippen LogP) is 3.85. The molecule has 4 rings (SSSR count). The lowest BCUT2D eigenvalue weighted by molar-refractivity contribution is -0.137. The lowest BCUT2D eigenvalue weighted by atomic mass is 10.1. The van der Waals surface area contributed by atoms with Gasteiger partial charge in [0.1, 0.15) is 17.7 Å². The molecule has 2 aliphatic heterocycles. The second-order valence-electron chi connectivity index (χ2n) is 8.25. The highest BCUT2D eigenvalue weighted by Gasteiger charge is 2.34. The average molecular weight is 462 g/mol. The lowest BCUT2D eigenvalue weighted by Crippen LogP contribution is -2.55. The fourth-order valence-corrected chi connectivity index (χ4v) is 4.48. The van der Waals surface area contributed by atoms with Crippen molar-refractivity contribution in [3.63, 3.8) is 0 Å². The van der Waals surface area contributed by atoms with Crippen LogP contribution < -0.4 is 9.64 Å². The van der Waals surface area contributed by atoms with Crippen molar-refractivity contribution in [3.05, 3.63) is 58.9 Å². The zero-order chi connectivity index (χ0) is 22.8. The van der Waals surface area contributed by atoms with Gasteiger partial charge in [0, 0.05) is 37.2 Å². The summed E-state index contributed by atoms with van der Waals surface area (Å²) in [6.45, 7) is 4.75. The fraction of sp³-hybridized carbons (Fsp3) is 0.391. The molecule has 0 aliphatic carbocycles. The van der Waals surface area contributed by atoms with E-state index in [-0.39, 0.29) is 30.7 Å². The SMILES string of the molecule is C[C@@H]1CN(Cc2ccc(F)cc2)CCN1C(=O)CC1CN(C(=O)O)c2cc(Cl)ccc2O1. The Morgan fingerprint density at radius 2 is 1.91 bits per heavy atom. The molecule has 170 valence electrons. The Morgan fingerprint density at radius 3 is 2.59 bits per heavy atom. The Kier molecular flexibility index (Phi) is 6.53. The molecule has 1 fully saturated rings. The summed E-state index contributed by atoms with van der Waals surface area (Å²) in [6.07, 6.45) is -1.59. The van der Waals surface area contributed by atoms with Crippen LogP contribution in [0, 0.1) is 5.82 Å². The first-order valence-corrected chi connectivity index (χ1v) is 10.9. The number of carbonyl (C=O) groups is 2. The van der Waals surface area contributed by atoms with Crippen LogP contribution in [0.5, 0.6) is 5.75 Å². The molecule has 0 spiro atoms. The first-order valence-electron chi connectivity index (χ1n) is 10.5. The summed E-state index contributed by atoms with van der Waals surface area (Å²) in [5.41, 5.74) is 1.41. The topological polar surface area (TPSA) is 73.3 Å². The van der Waals surface area contributed by atoms with Crippen molar-refractivity contribution >= 4 is 29.3 Å². The molecular weight excluding hydrogens is 437 g/mol. The molecule has 1 unspecified atom stereocenters. The summed E-state index contributed by atoms with van der Waals surface area (Å²) >= 11 is 6.00. The van der Waals surface area contributed by atoms with Crippen molar-refractivity contribution in [2.75, 3.05) is 31.1 Å². The number of benzene rings is 2. The summed E-state index contributed by atoms with van der Waals surface area (Å²) in [7, 11) is 0. The van der Waals surface area contributed by atoms with Gasteiger partial charge in [-0.3, -0.25) is 14.6 Å². The third kappa shape index (κ3) is 4.97. The van der Waals surface area contributed by atoms with E-state index < -0.39 is 12.2 Å². The molecule has 2 atom stereocenters. The van der Waals surface area contributed by atoms with Crippen molar-refractivity contribution in [1.29, 1.82) is 0 Å².